The van der Waals surface area contributed by atoms with E-state index in [-0.39, 0.29) is 24.8 Å². The summed E-state index contributed by atoms with van der Waals surface area (Å²) in [6.45, 7) is 7.92. The van der Waals surface area contributed by atoms with Crippen LogP contribution in [0.2, 0.25) is 10.0 Å². The Morgan fingerprint density at radius 1 is 0.632 bits per heavy atom. The molecular weight excluding hydrogens is 566 g/mol. The third-order valence-corrected chi connectivity index (χ3v) is 8.54. The summed E-state index contributed by atoms with van der Waals surface area (Å²) in [6, 6.07) is 15.8. The van der Waals surface area contributed by atoms with Crippen molar-refractivity contribution in [2.45, 2.75) is 38.8 Å². The van der Waals surface area contributed by atoms with E-state index in [1.165, 1.54) is 0 Å². The molecule has 0 radical (unpaired) electrons. The van der Waals surface area contributed by atoms with Crippen LogP contribution in [0.1, 0.15) is 36.8 Å². The number of hydrogen-bond donors (Lipinski definition) is 0. The van der Waals surface area contributed by atoms with Crippen LogP contribution in [0, 0.1) is 0 Å². The van der Waals surface area contributed by atoms with Gasteiger partial charge in [0.25, 0.3) is 0 Å². The summed E-state index contributed by atoms with van der Waals surface area (Å²) < 4.78 is 1.71. The predicted octanol–water partition coefficient (Wildman–Crippen LogP) is 4.28. The zero-order valence-corrected chi connectivity index (χ0v) is 24.8. The van der Waals surface area contributed by atoms with Crippen molar-refractivity contribution in [1.29, 1.82) is 0 Å². The van der Waals surface area contributed by atoms with Gasteiger partial charge in [-0.2, -0.15) is 0 Å². The molecule has 2 saturated heterocycles. The van der Waals surface area contributed by atoms with Gasteiger partial charge in [0.15, 0.2) is 0 Å². The van der Waals surface area contributed by atoms with Crippen molar-refractivity contribution in [2.24, 2.45) is 9.98 Å². The van der Waals surface area contributed by atoms with Crippen LogP contribution in [-0.2, 0) is 13.1 Å². The van der Waals surface area contributed by atoms with Crippen molar-refractivity contribution in [3.05, 3.63) is 69.7 Å². The molecule has 2 aliphatic rings. The molecule has 4 rings (SSSR count). The van der Waals surface area contributed by atoms with E-state index in [4.69, 9.17) is 23.2 Å². The van der Waals surface area contributed by atoms with Gasteiger partial charge in [0.2, 0.25) is 0 Å². The molecule has 2 aliphatic heterocycles. The van der Waals surface area contributed by atoms with Gasteiger partial charge in [0.1, 0.15) is 13.1 Å². The number of aliphatic imine (C=N–C) groups is 2. The molecule has 0 amide bonds. The molecular formula is C28H38Cl4N4O2. The molecule has 0 aromatic heterocycles. The van der Waals surface area contributed by atoms with E-state index in [1.54, 1.807) is 0 Å². The summed E-state index contributed by atoms with van der Waals surface area (Å²) in [5.74, 6) is -1.46. The Hall–Kier alpha value is -1.54. The molecule has 0 unspecified atom stereocenters. The van der Waals surface area contributed by atoms with Gasteiger partial charge in [-0.3, -0.25) is 9.98 Å². The maximum atomic E-state index is 12.4. The second kappa shape index (κ2) is 15.3. The van der Waals surface area contributed by atoms with Gasteiger partial charge < -0.3 is 19.2 Å². The maximum absolute atomic E-state index is 12.4. The molecule has 10 heteroatoms. The SMILES string of the molecule is Cl.Cl.[O-]C(=NCC[N+]1(Cc2ccccc2Cl)CCCC1)C([O-])=NCC[N+]1(Cc2ccccc2Cl)CCCC1. The van der Waals surface area contributed by atoms with Crippen LogP contribution in [0.4, 0.5) is 0 Å². The number of hydrogen-bond acceptors (Lipinski definition) is 4. The van der Waals surface area contributed by atoms with Crippen molar-refractivity contribution in [1.82, 2.24) is 0 Å². The molecule has 0 atom stereocenters. The molecule has 0 spiro atoms. The number of halogens is 4. The van der Waals surface area contributed by atoms with Crippen molar-refractivity contribution < 1.29 is 19.2 Å². The first-order valence-corrected chi connectivity index (χ1v) is 13.8. The van der Waals surface area contributed by atoms with Gasteiger partial charge in [-0.1, -0.05) is 59.6 Å². The average molecular weight is 604 g/mol. The highest BCUT2D eigenvalue weighted by molar-refractivity contribution is 6.31. The van der Waals surface area contributed by atoms with Crippen LogP contribution in [0.3, 0.4) is 0 Å². The lowest BCUT2D eigenvalue weighted by molar-refractivity contribution is -0.928. The van der Waals surface area contributed by atoms with Crippen molar-refractivity contribution in [3.8, 4) is 0 Å². The van der Waals surface area contributed by atoms with Crippen LogP contribution in [-0.4, -0.2) is 73.1 Å². The highest BCUT2D eigenvalue weighted by Crippen LogP contribution is 2.28. The molecule has 0 bridgehead atoms. The first kappa shape index (κ1) is 32.7. The van der Waals surface area contributed by atoms with E-state index < -0.39 is 11.8 Å². The van der Waals surface area contributed by atoms with Crippen molar-refractivity contribution >= 4 is 59.8 Å². The van der Waals surface area contributed by atoms with Crippen LogP contribution in [0.15, 0.2) is 58.5 Å². The fraction of sp³-hybridized carbons (Fsp3) is 0.500. The summed E-state index contributed by atoms with van der Waals surface area (Å²) in [5.41, 5.74) is 2.24. The van der Waals surface area contributed by atoms with Crippen molar-refractivity contribution in [3.63, 3.8) is 0 Å². The number of nitrogens with zero attached hydrogens (tertiary/aromatic N) is 4. The van der Waals surface area contributed by atoms with E-state index >= 15 is 0 Å². The summed E-state index contributed by atoms with van der Waals surface area (Å²) >= 11 is 12.8. The summed E-state index contributed by atoms with van der Waals surface area (Å²) in [6.07, 6.45) is 4.61. The van der Waals surface area contributed by atoms with Gasteiger partial charge in [-0.05, 0) is 23.9 Å². The molecule has 2 aromatic rings. The highest BCUT2D eigenvalue weighted by Gasteiger charge is 2.33. The third kappa shape index (κ3) is 8.73. The van der Waals surface area contributed by atoms with Crippen LogP contribution in [0.25, 0.3) is 0 Å². The summed E-state index contributed by atoms with van der Waals surface area (Å²) in [4.78, 5) is 8.18. The number of quaternary nitrogens is 2. The Morgan fingerprint density at radius 3 is 1.32 bits per heavy atom. The van der Waals surface area contributed by atoms with E-state index in [9.17, 15) is 10.2 Å². The molecule has 210 valence electrons. The van der Waals surface area contributed by atoms with Gasteiger partial charge in [0.05, 0.1) is 52.4 Å². The topological polar surface area (TPSA) is 70.8 Å². The minimum atomic E-state index is -0.732. The van der Waals surface area contributed by atoms with E-state index in [0.717, 1.165) is 108 Å². The Labute approximate surface area is 249 Å². The fourth-order valence-corrected chi connectivity index (χ4v) is 6.16. The third-order valence-electron chi connectivity index (χ3n) is 7.80. The van der Waals surface area contributed by atoms with Crippen molar-refractivity contribution in [2.75, 3.05) is 52.4 Å². The Kier molecular flexibility index (Phi) is 13.2. The second-order valence-corrected chi connectivity index (χ2v) is 11.1. The van der Waals surface area contributed by atoms with Crippen LogP contribution < -0.4 is 10.2 Å². The monoisotopic (exact) mass is 602 g/mol. The molecule has 0 aliphatic carbocycles. The molecule has 0 saturated carbocycles. The Balaban J connectivity index is 0.00000253. The average Bonchev–Trinajstić information content (AvgIpc) is 3.52. The summed E-state index contributed by atoms with van der Waals surface area (Å²) in [5, 5.41) is 26.4. The first-order valence-electron chi connectivity index (χ1n) is 13.0. The largest absolute Gasteiger partial charge is 0.858 e. The molecule has 2 heterocycles. The van der Waals surface area contributed by atoms with E-state index in [1.807, 2.05) is 36.4 Å². The lowest BCUT2D eigenvalue weighted by Crippen LogP contribution is -2.47. The fourth-order valence-electron chi connectivity index (χ4n) is 5.77. The standard InChI is InChI=1S/C28H36Cl2N4O2.2ClH/c29-25-11-3-1-9-23(25)21-33(15-5-6-16-33)19-13-31-27(35)28(36)32-14-20-34(17-7-8-18-34)22-24-10-2-4-12-26(24)30;;/h1-4,9-12H,5-8,13-22H2;2*1H. The van der Waals surface area contributed by atoms with Gasteiger partial charge in [0, 0.05) is 46.9 Å². The summed E-state index contributed by atoms with van der Waals surface area (Å²) in [7, 11) is 0. The zero-order valence-electron chi connectivity index (χ0n) is 21.7. The number of likely N-dealkylation sites (tertiary alicyclic amines) is 2. The zero-order chi connectivity index (χ0) is 25.4. The van der Waals surface area contributed by atoms with Crippen LogP contribution >= 0.6 is 48.0 Å². The van der Waals surface area contributed by atoms with Crippen LogP contribution in [0.5, 0.6) is 0 Å². The normalized spacial score (nSPS) is 18.6. The quantitative estimate of drug-likeness (QED) is 0.231. The molecule has 0 N–H and O–H groups in total. The predicted molar refractivity (Wildman–Crippen MR) is 158 cm³/mol. The Bertz CT molecular complexity index is 999. The lowest BCUT2D eigenvalue weighted by Gasteiger charge is -2.35. The number of benzene rings is 2. The molecule has 6 nitrogen and oxygen atoms in total. The van der Waals surface area contributed by atoms with Gasteiger partial charge >= 0.3 is 0 Å². The molecule has 38 heavy (non-hydrogen) atoms. The minimum Gasteiger partial charge on any atom is -0.858 e. The van der Waals surface area contributed by atoms with Gasteiger partial charge in [-0.25, -0.2) is 0 Å². The smallest absolute Gasteiger partial charge is 0.106 e. The van der Waals surface area contributed by atoms with E-state index in [2.05, 4.69) is 22.1 Å². The first-order chi connectivity index (χ1) is 17.4. The second-order valence-electron chi connectivity index (χ2n) is 10.3. The maximum Gasteiger partial charge on any atom is 0.106 e. The lowest BCUT2D eigenvalue weighted by atomic mass is 10.2. The molecule has 2 fully saturated rings. The number of rotatable bonds is 10. The van der Waals surface area contributed by atoms with E-state index in [0.29, 0.717) is 13.1 Å². The van der Waals surface area contributed by atoms with Gasteiger partial charge in [-0.15, -0.1) is 24.8 Å². The highest BCUT2D eigenvalue weighted by atomic mass is 35.5. The minimum absolute atomic E-state index is 0. The molecule has 2 aromatic carbocycles. The Morgan fingerprint density at radius 2 is 0.974 bits per heavy atom.